The van der Waals surface area contributed by atoms with Gasteiger partial charge in [0.05, 0.1) is 0 Å². The second-order valence-electron chi connectivity index (χ2n) is 14.2. The number of fused-ring (bicyclic) bond motifs is 4. The van der Waals surface area contributed by atoms with E-state index in [9.17, 15) is 0 Å². The Kier molecular flexibility index (Phi) is 6.33. The molecule has 2 aromatic carbocycles. The zero-order chi connectivity index (χ0) is 27.0. The molecule has 0 heterocycles. The quantitative estimate of drug-likeness (QED) is 0.327. The van der Waals surface area contributed by atoms with Crippen LogP contribution in [0.4, 0.5) is 0 Å². The minimum atomic E-state index is 0.584. The Hall–Kier alpha value is -2.34. The van der Waals surface area contributed by atoms with Crippen molar-refractivity contribution in [2.45, 2.75) is 91.9 Å². The fourth-order valence-corrected chi connectivity index (χ4v) is 9.85. The van der Waals surface area contributed by atoms with Crippen molar-refractivity contribution in [1.29, 1.82) is 0 Å². The molecule has 3 fully saturated rings. The summed E-state index contributed by atoms with van der Waals surface area (Å²) in [4.78, 5) is 0. The predicted molar refractivity (Wildman–Crippen MR) is 167 cm³/mol. The minimum absolute atomic E-state index is 0.584. The molecule has 4 unspecified atom stereocenters. The summed E-state index contributed by atoms with van der Waals surface area (Å²) in [5, 5.41) is 0. The Morgan fingerprint density at radius 2 is 1.85 bits per heavy atom. The molecule has 5 aliphatic rings. The van der Waals surface area contributed by atoms with Crippen molar-refractivity contribution >= 4 is 17.2 Å². The first-order valence-electron chi connectivity index (χ1n) is 16.2. The van der Waals surface area contributed by atoms with Gasteiger partial charge in [0.1, 0.15) is 0 Å². The van der Waals surface area contributed by atoms with Gasteiger partial charge in [-0.2, -0.15) is 0 Å². The maximum atomic E-state index is 4.86. The second-order valence-corrected chi connectivity index (χ2v) is 14.2. The van der Waals surface area contributed by atoms with Crippen LogP contribution in [0, 0.1) is 41.4 Å². The average molecular weight is 517 g/mol. The predicted octanol–water partition coefficient (Wildman–Crippen LogP) is 10.5. The SMILES string of the molecule is C=C(c1cc(CC)c2c(c1)CC(C1=Cc3ccccc3C1CC1CC1)=C2C)[C@H]1CC2CC(C(C)C)C1[C@@H]2CC. The van der Waals surface area contributed by atoms with Gasteiger partial charge in [-0.15, -0.1) is 0 Å². The smallest absolute Gasteiger partial charge is 0.0101 e. The highest BCUT2D eigenvalue weighted by atomic mass is 14.6. The third kappa shape index (κ3) is 4.07. The molecule has 0 radical (unpaired) electrons. The number of hydrogen-bond donors (Lipinski definition) is 0. The summed E-state index contributed by atoms with van der Waals surface area (Å²) in [6.45, 7) is 17.0. The molecule has 2 aromatic rings. The normalized spacial score (nSPS) is 30.8. The van der Waals surface area contributed by atoms with Crippen LogP contribution in [0.1, 0.15) is 112 Å². The molecular weight excluding hydrogens is 468 g/mol. The van der Waals surface area contributed by atoms with Crippen LogP contribution in [-0.4, -0.2) is 0 Å². The van der Waals surface area contributed by atoms with Gasteiger partial charge in [0.2, 0.25) is 0 Å². The van der Waals surface area contributed by atoms with E-state index in [1.165, 1.54) is 55.2 Å². The van der Waals surface area contributed by atoms with Crippen molar-refractivity contribution in [3.05, 3.63) is 87.5 Å². The van der Waals surface area contributed by atoms with Gasteiger partial charge in [-0.1, -0.05) is 96.0 Å². The van der Waals surface area contributed by atoms with E-state index in [1.54, 1.807) is 39.0 Å². The Morgan fingerprint density at radius 3 is 2.54 bits per heavy atom. The van der Waals surface area contributed by atoms with E-state index in [0.29, 0.717) is 11.8 Å². The van der Waals surface area contributed by atoms with E-state index in [4.69, 9.17) is 6.58 Å². The topological polar surface area (TPSA) is 0 Å². The molecule has 204 valence electrons. The monoisotopic (exact) mass is 516 g/mol. The maximum absolute atomic E-state index is 4.86. The van der Waals surface area contributed by atoms with Gasteiger partial charge in [-0.05, 0) is 136 Å². The average Bonchev–Trinajstić information content (AvgIpc) is 3.28. The molecule has 5 aliphatic carbocycles. The first-order valence-corrected chi connectivity index (χ1v) is 16.2. The van der Waals surface area contributed by atoms with E-state index < -0.39 is 0 Å². The van der Waals surface area contributed by atoms with Gasteiger partial charge in [0, 0.05) is 5.92 Å². The third-order valence-corrected chi connectivity index (χ3v) is 11.9. The highest BCUT2D eigenvalue weighted by Crippen LogP contribution is 2.62. The molecule has 0 amide bonds. The number of hydrogen-bond acceptors (Lipinski definition) is 0. The number of aryl methyl sites for hydroxylation is 1. The van der Waals surface area contributed by atoms with Gasteiger partial charge in [-0.3, -0.25) is 0 Å². The van der Waals surface area contributed by atoms with Gasteiger partial charge < -0.3 is 0 Å². The first-order chi connectivity index (χ1) is 18.9. The molecule has 39 heavy (non-hydrogen) atoms. The first kappa shape index (κ1) is 25.6. The lowest BCUT2D eigenvalue weighted by Crippen LogP contribution is -2.26. The Balaban J connectivity index is 1.21. The van der Waals surface area contributed by atoms with Crippen LogP contribution in [0.25, 0.3) is 17.2 Å². The second kappa shape index (κ2) is 9.64. The van der Waals surface area contributed by atoms with Crippen molar-refractivity contribution < 1.29 is 0 Å². The summed E-state index contributed by atoms with van der Waals surface area (Å²) in [6.07, 6.45) is 13.1. The van der Waals surface area contributed by atoms with Crippen LogP contribution >= 0.6 is 0 Å². The van der Waals surface area contributed by atoms with E-state index >= 15 is 0 Å². The third-order valence-electron chi connectivity index (χ3n) is 11.9. The molecule has 0 aromatic heterocycles. The molecular formula is C39H48. The van der Waals surface area contributed by atoms with Crippen LogP contribution in [0.15, 0.2) is 54.1 Å². The summed E-state index contributed by atoms with van der Waals surface area (Å²) in [6, 6.07) is 14.3. The van der Waals surface area contributed by atoms with Crippen molar-refractivity contribution in [2.24, 2.45) is 41.4 Å². The van der Waals surface area contributed by atoms with E-state index in [2.05, 4.69) is 77.1 Å². The Bertz CT molecular complexity index is 1370. The summed E-state index contributed by atoms with van der Waals surface area (Å²) >= 11 is 0. The van der Waals surface area contributed by atoms with Crippen LogP contribution in [-0.2, 0) is 12.8 Å². The zero-order valence-electron chi connectivity index (χ0n) is 25.0. The molecule has 0 aliphatic heterocycles. The molecule has 0 spiro atoms. The van der Waals surface area contributed by atoms with E-state index in [-0.39, 0.29) is 0 Å². The van der Waals surface area contributed by atoms with Crippen molar-refractivity contribution in [3.8, 4) is 0 Å². The highest BCUT2D eigenvalue weighted by Gasteiger charge is 2.53. The highest BCUT2D eigenvalue weighted by molar-refractivity contribution is 5.86. The lowest BCUT2D eigenvalue weighted by molar-refractivity contribution is 0.207. The van der Waals surface area contributed by atoms with E-state index in [1.807, 2.05) is 0 Å². The van der Waals surface area contributed by atoms with Crippen molar-refractivity contribution in [1.82, 2.24) is 0 Å². The number of rotatable bonds is 8. The van der Waals surface area contributed by atoms with Gasteiger partial charge in [0.25, 0.3) is 0 Å². The van der Waals surface area contributed by atoms with Crippen LogP contribution < -0.4 is 0 Å². The van der Waals surface area contributed by atoms with Gasteiger partial charge in [0.15, 0.2) is 0 Å². The van der Waals surface area contributed by atoms with Gasteiger partial charge >= 0.3 is 0 Å². The fraction of sp³-hybridized carbons (Fsp3) is 0.538. The van der Waals surface area contributed by atoms with Crippen LogP contribution in [0.3, 0.4) is 0 Å². The molecule has 0 nitrogen and oxygen atoms in total. The molecule has 7 rings (SSSR count). The summed E-state index contributed by atoms with van der Waals surface area (Å²) in [7, 11) is 0. The lowest BCUT2D eigenvalue weighted by atomic mass is 9.70. The van der Waals surface area contributed by atoms with Crippen LogP contribution in [0.2, 0.25) is 0 Å². The Morgan fingerprint density at radius 1 is 1.05 bits per heavy atom. The molecule has 0 heteroatoms. The fourth-order valence-electron chi connectivity index (χ4n) is 9.85. The largest absolute Gasteiger partial charge is 0.0949 e. The summed E-state index contributed by atoms with van der Waals surface area (Å²) < 4.78 is 0. The summed E-state index contributed by atoms with van der Waals surface area (Å²) in [5.41, 5.74) is 15.4. The molecule has 3 saturated carbocycles. The lowest BCUT2D eigenvalue weighted by Gasteiger charge is -2.34. The standard InChI is InChI=1S/C39H48/c1-7-26-16-28(23(5)35-20-29-19-33(22(3)4)39(35)31(29)8-2)17-30-21-34(24(6)38(26)30)37-18-27-11-9-10-12-32(27)36(37)15-25-13-14-25/h9-12,16-18,22,25,29,31,33,35-36,39H,5,7-8,13-15,19-21H2,1-4,6H3/t29?,31-,33?,35-,36?,39?/m1/s1. The molecule has 2 bridgehead atoms. The zero-order valence-corrected chi connectivity index (χ0v) is 25.0. The summed E-state index contributed by atoms with van der Waals surface area (Å²) in [5.74, 6) is 6.53. The van der Waals surface area contributed by atoms with Gasteiger partial charge in [-0.25, -0.2) is 0 Å². The van der Waals surface area contributed by atoms with Crippen molar-refractivity contribution in [3.63, 3.8) is 0 Å². The van der Waals surface area contributed by atoms with Crippen LogP contribution in [0.5, 0.6) is 0 Å². The molecule has 6 atom stereocenters. The minimum Gasteiger partial charge on any atom is -0.0949 e. The Labute approximate surface area is 237 Å². The number of benzene rings is 2. The molecule has 0 saturated heterocycles. The maximum Gasteiger partial charge on any atom is 0.0101 e. The van der Waals surface area contributed by atoms with E-state index in [0.717, 1.165) is 48.3 Å². The number of allylic oxidation sites excluding steroid dienone is 4. The molecule has 0 N–H and O–H groups in total. The van der Waals surface area contributed by atoms with Crippen molar-refractivity contribution in [2.75, 3.05) is 0 Å².